The van der Waals surface area contributed by atoms with Crippen molar-refractivity contribution in [3.8, 4) is 6.07 Å². The number of nitrogens with zero attached hydrogens (tertiary/aromatic N) is 3. The fourth-order valence-corrected chi connectivity index (χ4v) is 2.55. The molecular weight excluding hydrogens is 374 g/mol. The molecule has 25 heavy (non-hydrogen) atoms. The summed E-state index contributed by atoms with van der Waals surface area (Å²) in [5.74, 6) is 0.0446. The van der Waals surface area contributed by atoms with Gasteiger partial charge < -0.3 is 0 Å². The van der Waals surface area contributed by atoms with Gasteiger partial charge in [-0.25, -0.2) is 9.97 Å². The van der Waals surface area contributed by atoms with Crippen LogP contribution in [0.5, 0.6) is 0 Å². The van der Waals surface area contributed by atoms with E-state index < -0.39 is 66.6 Å². The number of halogens is 1. The van der Waals surface area contributed by atoms with E-state index in [0.717, 1.165) is 0 Å². The van der Waals surface area contributed by atoms with Crippen LogP contribution < -0.4 is 0 Å². The van der Waals surface area contributed by atoms with Gasteiger partial charge in [0, 0.05) is 37.4 Å². The van der Waals surface area contributed by atoms with Gasteiger partial charge in [0.15, 0.2) is 0 Å². The van der Waals surface area contributed by atoms with Crippen LogP contribution in [0.25, 0.3) is 0 Å². The van der Waals surface area contributed by atoms with Crippen LogP contribution in [0.15, 0.2) is 53.0 Å². The molecule has 124 valence electrons. The van der Waals surface area contributed by atoms with E-state index >= 15 is 0 Å². The lowest BCUT2D eigenvalue weighted by molar-refractivity contribution is 0.912. The van der Waals surface area contributed by atoms with Crippen LogP contribution in [-0.2, 0) is 12.8 Å². The van der Waals surface area contributed by atoms with E-state index in [2.05, 4.69) is 25.9 Å². The van der Waals surface area contributed by atoms with E-state index in [1.807, 2.05) is 0 Å². The SMILES string of the molecule is [2H]c1c([2H])c(Cc2nccc(Cc3c(C([2H])([2H])[2H])c([2H])c(Br)c([2H])c3C([2H])([2H])[2H])n2)c([2H])c([2H])c1C#N. The molecule has 3 rings (SSSR count). The third kappa shape index (κ3) is 4.32. The summed E-state index contributed by atoms with van der Waals surface area (Å²) in [6.45, 7) is -5.73. The van der Waals surface area contributed by atoms with Crippen LogP contribution in [0.4, 0.5) is 0 Å². The predicted molar refractivity (Wildman–Crippen MR) is 102 cm³/mol. The summed E-state index contributed by atoms with van der Waals surface area (Å²) in [4.78, 5) is 8.39. The second kappa shape index (κ2) is 7.58. The highest BCUT2D eigenvalue weighted by atomic mass is 79.9. The summed E-state index contributed by atoms with van der Waals surface area (Å²) in [6, 6.07) is 0.152. The Morgan fingerprint density at radius 3 is 2.52 bits per heavy atom. The molecule has 0 radical (unpaired) electrons. The molecule has 0 saturated heterocycles. The Kier molecular flexibility index (Phi) is 2.37. The third-order valence-electron chi connectivity index (χ3n) is 3.32. The van der Waals surface area contributed by atoms with E-state index in [4.69, 9.17) is 21.7 Å². The van der Waals surface area contributed by atoms with E-state index in [9.17, 15) is 0 Å². The zero-order valence-corrected chi connectivity index (χ0v) is 14.4. The summed E-state index contributed by atoms with van der Waals surface area (Å²) < 4.78 is 96.0. The van der Waals surface area contributed by atoms with Gasteiger partial charge in [0.25, 0.3) is 0 Å². The van der Waals surface area contributed by atoms with Crippen molar-refractivity contribution >= 4 is 15.9 Å². The maximum absolute atomic E-state index is 9.13. The zero-order chi connectivity index (χ0) is 28.0. The molecule has 0 bridgehead atoms. The van der Waals surface area contributed by atoms with Crippen LogP contribution in [0, 0.1) is 25.0 Å². The van der Waals surface area contributed by atoms with Crippen molar-refractivity contribution in [1.29, 1.82) is 5.26 Å². The third-order valence-corrected chi connectivity index (χ3v) is 3.71. The predicted octanol–water partition coefficient (Wildman–Crippen LogP) is 4.91. The first kappa shape index (κ1) is 7.80. The molecule has 1 aromatic heterocycles. The first-order valence-electron chi connectivity index (χ1n) is 13.1. The largest absolute Gasteiger partial charge is 0.241 e. The van der Waals surface area contributed by atoms with Gasteiger partial charge in [-0.2, -0.15) is 5.26 Å². The highest BCUT2D eigenvalue weighted by Crippen LogP contribution is 2.22. The van der Waals surface area contributed by atoms with E-state index in [1.54, 1.807) is 6.07 Å². The number of nitriles is 1. The fraction of sp³-hybridized carbons (Fsp3) is 0.190. The van der Waals surface area contributed by atoms with Gasteiger partial charge in [-0.3, -0.25) is 0 Å². The first-order chi connectivity index (χ1) is 17.0. The van der Waals surface area contributed by atoms with Crippen molar-refractivity contribution in [2.75, 3.05) is 0 Å². The van der Waals surface area contributed by atoms with Crippen molar-refractivity contribution in [1.82, 2.24) is 9.97 Å². The van der Waals surface area contributed by atoms with Gasteiger partial charge in [0.2, 0.25) is 0 Å². The first-order valence-corrected chi connectivity index (χ1v) is 7.92. The number of benzene rings is 2. The second-order valence-electron chi connectivity index (χ2n) is 5.08. The van der Waals surface area contributed by atoms with Crippen LogP contribution >= 0.6 is 15.9 Å². The second-order valence-corrected chi connectivity index (χ2v) is 5.87. The summed E-state index contributed by atoms with van der Waals surface area (Å²) in [5, 5.41) is 9.13. The van der Waals surface area contributed by atoms with Crippen LogP contribution in [0.1, 0.15) is 55.8 Å². The smallest absolute Gasteiger partial charge is 0.132 e. The minimum atomic E-state index is -2.86. The van der Waals surface area contributed by atoms with Crippen LogP contribution in [0.3, 0.4) is 0 Å². The summed E-state index contributed by atoms with van der Waals surface area (Å²) in [5.41, 5.74) is -1.57. The van der Waals surface area contributed by atoms with Crippen LogP contribution in [0.2, 0.25) is 0 Å². The molecule has 0 atom stereocenters. The van der Waals surface area contributed by atoms with Crippen molar-refractivity contribution in [3.63, 3.8) is 0 Å². The highest BCUT2D eigenvalue weighted by Gasteiger charge is 2.08. The van der Waals surface area contributed by atoms with Gasteiger partial charge in [0.05, 0.1) is 19.9 Å². The molecule has 0 fully saturated rings. The lowest BCUT2D eigenvalue weighted by Gasteiger charge is -2.11. The summed E-state index contributed by atoms with van der Waals surface area (Å²) in [7, 11) is 0. The molecule has 0 amide bonds. The zero-order valence-electron chi connectivity index (χ0n) is 24.8. The monoisotopic (exact) mass is 403 g/mol. The average Bonchev–Trinajstić information content (AvgIpc) is 2.78. The summed E-state index contributed by atoms with van der Waals surface area (Å²) in [6.07, 6.45) is 0.703. The lowest BCUT2D eigenvalue weighted by Crippen LogP contribution is -2.03. The van der Waals surface area contributed by atoms with Gasteiger partial charge >= 0.3 is 0 Å². The Morgan fingerprint density at radius 2 is 1.88 bits per heavy atom. The maximum atomic E-state index is 9.13. The molecule has 0 spiro atoms. The van der Waals surface area contributed by atoms with E-state index in [0.29, 0.717) is 0 Å². The Labute approximate surface area is 173 Å². The number of hydrogen-bond acceptors (Lipinski definition) is 3. The fourth-order valence-electron chi connectivity index (χ4n) is 2.15. The highest BCUT2D eigenvalue weighted by molar-refractivity contribution is 9.10. The molecule has 0 aliphatic carbocycles. The number of aromatic nitrogens is 2. The molecule has 0 N–H and O–H groups in total. The van der Waals surface area contributed by atoms with E-state index in [1.165, 1.54) is 12.3 Å². The molecule has 0 saturated carbocycles. The molecule has 1 heterocycles. The Bertz CT molecular complexity index is 1370. The van der Waals surface area contributed by atoms with Crippen molar-refractivity contribution in [2.45, 2.75) is 26.5 Å². The number of rotatable bonds is 4. The van der Waals surface area contributed by atoms with Crippen molar-refractivity contribution < 1.29 is 16.4 Å². The summed E-state index contributed by atoms with van der Waals surface area (Å²) >= 11 is 2.98. The molecule has 4 heteroatoms. The van der Waals surface area contributed by atoms with Crippen molar-refractivity contribution in [3.05, 3.63) is 92.3 Å². The van der Waals surface area contributed by atoms with Crippen LogP contribution in [-0.4, -0.2) is 9.97 Å². The Hall–Kier alpha value is -2.51. The number of hydrogen-bond donors (Lipinski definition) is 0. The minimum absolute atomic E-state index is 0.0446. The lowest BCUT2D eigenvalue weighted by atomic mass is 9.98. The molecule has 3 nitrogen and oxygen atoms in total. The normalized spacial score (nSPS) is 18.4. The molecule has 0 aliphatic rings. The average molecular weight is 404 g/mol. The molecule has 2 aromatic carbocycles. The van der Waals surface area contributed by atoms with Crippen molar-refractivity contribution in [2.24, 2.45) is 0 Å². The van der Waals surface area contributed by atoms with Gasteiger partial charge in [-0.1, -0.05) is 28.0 Å². The molecular formula is C21H18BrN3. The molecule has 0 aliphatic heterocycles. The Balaban J connectivity index is 2.16. The molecule has 0 unspecified atom stereocenters. The minimum Gasteiger partial charge on any atom is -0.241 e. The standard InChI is InChI=1S/C21H18BrN3/c1-14-9-18(22)10-15(2)20(14)12-19-7-8-24-21(25-19)11-16-3-5-17(13-23)6-4-16/h3-10H,11-12H2,1-2H3/i1D3,2D3,3D,4D,5D,6D,9D,10D. The van der Waals surface area contributed by atoms with Gasteiger partial charge in [-0.15, -0.1) is 0 Å². The van der Waals surface area contributed by atoms with Gasteiger partial charge in [-0.05, 0) is 66.2 Å². The maximum Gasteiger partial charge on any atom is 0.132 e. The quantitative estimate of drug-likeness (QED) is 0.621. The van der Waals surface area contributed by atoms with E-state index in [-0.39, 0.29) is 40.0 Å². The molecule has 3 aromatic rings. The van der Waals surface area contributed by atoms with Gasteiger partial charge in [0.1, 0.15) is 5.82 Å². The Morgan fingerprint density at radius 1 is 1.16 bits per heavy atom. The topological polar surface area (TPSA) is 49.6 Å².